The van der Waals surface area contributed by atoms with E-state index in [2.05, 4.69) is 26.1 Å². The van der Waals surface area contributed by atoms with Gasteiger partial charge < -0.3 is 15.2 Å². The number of carboxylic acid groups (broad SMARTS) is 1. The van der Waals surface area contributed by atoms with Gasteiger partial charge in [0.15, 0.2) is 0 Å². The second-order valence-corrected chi connectivity index (χ2v) is 6.79. The van der Waals surface area contributed by atoms with E-state index in [0.717, 1.165) is 19.3 Å². The van der Waals surface area contributed by atoms with E-state index in [1.165, 1.54) is 7.11 Å². The molecular formula is C15H27NO4. The van der Waals surface area contributed by atoms with Crippen LogP contribution >= 0.6 is 0 Å². The molecule has 1 fully saturated rings. The summed E-state index contributed by atoms with van der Waals surface area (Å²) in [6, 6.07) is -0.859. The molecule has 1 saturated carbocycles. The fourth-order valence-corrected chi connectivity index (χ4v) is 3.33. The zero-order valence-corrected chi connectivity index (χ0v) is 12.9. The van der Waals surface area contributed by atoms with Crippen molar-refractivity contribution in [2.24, 2.45) is 17.3 Å². The number of nitrogens with one attached hydrogen (secondary N) is 1. The number of hydrogen-bond acceptors (Lipinski definition) is 3. The highest BCUT2D eigenvalue weighted by Crippen LogP contribution is 2.41. The molecule has 0 heterocycles. The second-order valence-electron chi connectivity index (χ2n) is 6.79. The molecule has 1 rings (SSSR count). The Kier molecular flexibility index (Phi) is 5.99. The first-order chi connectivity index (χ1) is 9.25. The van der Waals surface area contributed by atoms with Crippen LogP contribution in [0.5, 0.6) is 0 Å². The zero-order chi connectivity index (χ0) is 15.3. The Bertz CT molecular complexity index is 354. The van der Waals surface area contributed by atoms with Crippen molar-refractivity contribution in [3.8, 4) is 0 Å². The van der Waals surface area contributed by atoms with Gasteiger partial charge in [-0.1, -0.05) is 20.8 Å². The van der Waals surface area contributed by atoms with Crippen LogP contribution in [0, 0.1) is 17.3 Å². The maximum atomic E-state index is 12.3. The van der Waals surface area contributed by atoms with E-state index in [9.17, 15) is 9.59 Å². The molecule has 0 saturated heterocycles. The summed E-state index contributed by atoms with van der Waals surface area (Å²) in [5.74, 6) is -0.721. The number of methoxy groups -OCH3 is 1. The molecule has 0 aromatic carbocycles. The summed E-state index contributed by atoms with van der Waals surface area (Å²) in [6.45, 7) is 6.82. The number of amides is 1. The molecule has 1 aliphatic rings. The molecule has 1 amide bonds. The van der Waals surface area contributed by atoms with Crippen LogP contribution in [-0.4, -0.2) is 36.7 Å². The van der Waals surface area contributed by atoms with Gasteiger partial charge in [0.25, 0.3) is 0 Å². The molecule has 3 unspecified atom stereocenters. The first-order valence-corrected chi connectivity index (χ1v) is 7.27. The number of carbonyl (C=O) groups is 2. The quantitative estimate of drug-likeness (QED) is 0.783. The SMILES string of the molecule is COCCC(NC(=O)C1CC(C)CC(C)(C)C1)C(=O)O. The molecule has 5 heteroatoms. The third kappa shape index (κ3) is 5.12. The molecule has 0 aromatic rings. The molecule has 3 atom stereocenters. The number of ether oxygens (including phenoxy) is 1. The van der Waals surface area contributed by atoms with Crippen LogP contribution < -0.4 is 5.32 Å². The monoisotopic (exact) mass is 285 g/mol. The standard InChI is InChI=1S/C15H27NO4/c1-10-7-11(9-15(2,3)8-10)13(17)16-12(14(18)19)5-6-20-4/h10-12H,5-9H2,1-4H3,(H,16,17)(H,18,19). The van der Waals surface area contributed by atoms with Gasteiger partial charge in [0.05, 0.1) is 0 Å². The maximum Gasteiger partial charge on any atom is 0.326 e. The summed E-state index contributed by atoms with van der Waals surface area (Å²) in [5, 5.41) is 11.8. The van der Waals surface area contributed by atoms with E-state index < -0.39 is 12.0 Å². The van der Waals surface area contributed by atoms with Crippen molar-refractivity contribution in [1.29, 1.82) is 0 Å². The summed E-state index contributed by atoms with van der Waals surface area (Å²) < 4.78 is 4.89. The smallest absolute Gasteiger partial charge is 0.326 e. The predicted molar refractivity (Wildman–Crippen MR) is 76.3 cm³/mol. The summed E-state index contributed by atoms with van der Waals surface area (Å²) in [4.78, 5) is 23.4. The van der Waals surface area contributed by atoms with Crippen LogP contribution in [-0.2, 0) is 14.3 Å². The van der Waals surface area contributed by atoms with Gasteiger partial charge in [0.2, 0.25) is 5.91 Å². The Labute approximate surface area is 121 Å². The van der Waals surface area contributed by atoms with Crippen molar-refractivity contribution in [2.45, 2.75) is 52.5 Å². The van der Waals surface area contributed by atoms with Gasteiger partial charge in [-0.25, -0.2) is 4.79 Å². The van der Waals surface area contributed by atoms with Crippen molar-refractivity contribution in [3.63, 3.8) is 0 Å². The van der Waals surface area contributed by atoms with Crippen molar-refractivity contribution in [3.05, 3.63) is 0 Å². The summed E-state index contributed by atoms with van der Waals surface area (Å²) >= 11 is 0. The normalized spacial score (nSPS) is 26.8. The first-order valence-electron chi connectivity index (χ1n) is 7.27. The highest BCUT2D eigenvalue weighted by molar-refractivity contribution is 5.85. The Morgan fingerprint density at radius 3 is 2.55 bits per heavy atom. The third-order valence-corrected chi connectivity index (χ3v) is 3.98. The lowest BCUT2D eigenvalue weighted by Crippen LogP contribution is -2.46. The lowest BCUT2D eigenvalue weighted by Gasteiger charge is -2.38. The summed E-state index contributed by atoms with van der Waals surface area (Å²) in [7, 11) is 1.52. The van der Waals surface area contributed by atoms with Gasteiger partial charge in [-0.3, -0.25) is 4.79 Å². The van der Waals surface area contributed by atoms with Crippen molar-refractivity contribution < 1.29 is 19.4 Å². The number of hydrogen-bond donors (Lipinski definition) is 2. The molecule has 116 valence electrons. The minimum atomic E-state index is -1.00. The molecule has 5 nitrogen and oxygen atoms in total. The van der Waals surface area contributed by atoms with Crippen LogP contribution in [0.25, 0.3) is 0 Å². The van der Waals surface area contributed by atoms with Crippen molar-refractivity contribution >= 4 is 11.9 Å². The molecular weight excluding hydrogens is 258 g/mol. The summed E-state index contributed by atoms with van der Waals surface area (Å²) in [5.41, 5.74) is 0.144. The number of aliphatic carboxylic acids is 1. The van der Waals surface area contributed by atoms with E-state index in [0.29, 0.717) is 18.9 Å². The average molecular weight is 285 g/mol. The van der Waals surface area contributed by atoms with Gasteiger partial charge in [-0.15, -0.1) is 0 Å². The summed E-state index contributed by atoms with van der Waals surface area (Å²) in [6.07, 6.45) is 3.07. The molecule has 0 bridgehead atoms. The van der Waals surface area contributed by atoms with Crippen LogP contribution in [0.4, 0.5) is 0 Å². The van der Waals surface area contributed by atoms with Gasteiger partial charge in [-0.2, -0.15) is 0 Å². The van der Waals surface area contributed by atoms with E-state index in [1.807, 2.05) is 0 Å². The Hall–Kier alpha value is -1.10. The van der Waals surface area contributed by atoms with Gasteiger partial charge >= 0.3 is 5.97 Å². The highest BCUT2D eigenvalue weighted by atomic mass is 16.5. The molecule has 20 heavy (non-hydrogen) atoms. The minimum Gasteiger partial charge on any atom is -0.480 e. The topological polar surface area (TPSA) is 75.6 Å². The highest BCUT2D eigenvalue weighted by Gasteiger charge is 2.36. The van der Waals surface area contributed by atoms with Gasteiger partial charge in [0.1, 0.15) is 6.04 Å². The van der Waals surface area contributed by atoms with Crippen LogP contribution in [0.15, 0.2) is 0 Å². The lowest BCUT2D eigenvalue weighted by atomic mass is 9.68. The number of carbonyl (C=O) groups excluding carboxylic acids is 1. The van der Waals surface area contributed by atoms with Crippen molar-refractivity contribution in [1.82, 2.24) is 5.32 Å². The van der Waals surface area contributed by atoms with E-state index in [1.54, 1.807) is 0 Å². The molecule has 1 aliphatic carbocycles. The molecule has 0 radical (unpaired) electrons. The molecule has 2 N–H and O–H groups in total. The van der Waals surface area contributed by atoms with Gasteiger partial charge in [-0.05, 0) is 30.6 Å². The maximum absolute atomic E-state index is 12.3. The molecule has 0 aromatic heterocycles. The average Bonchev–Trinajstić information content (AvgIpc) is 2.31. The second kappa shape index (κ2) is 7.07. The van der Waals surface area contributed by atoms with Gasteiger partial charge in [0, 0.05) is 26.1 Å². The minimum absolute atomic E-state index is 0.0851. The number of rotatable bonds is 6. The Morgan fingerprint density at radius 1 is 1.40 bits per heavy atom. The van der Waals surface area contributed by atoms with E-state index in [-0.39, 0.29) is 17.2 Å². The largest absolute Gasteiger partial charge is 0.480 e. The third-order valence-electron chi connectivity index (χ3n) is 3.98. The van der Waals surface area contributed by atoms with E-state index in [4.69, 9.17) is 9.84 Å². The van der Waals surface area contributed by atoms with Crippen LogP contribution in [0.2, 0.25) is 0 Å². The Balaban J connectivity index is 2.61. The molecule has 0 spiro atoms. The fourth-order valence-electron chi connectivity index (χ4n) is 3.33. The first kappa shape index (κ1) is 17.0. The fraction of sp³-hybridized carbons (Fsp3) is 0.867. The Morgan fingerprint density at radius 2 is 2.05 bits per heavy atom. The van der Waals surface area contributed by atoms with Crippen LogP contribution in [0.3, 0.4) is 0 Å². The molecule has 0 aliphatic heterocycles. The zero-order valence-electron chi connectivity index (χ0n) is 12.9. The number of carboxylic acids is 1. The van der Waals surface area contributed by atoms with Crippen LogP contribution in [0.1, 0.15) is 46.5 Å². The van der Waals surface area contributed by atoms with Crippen molar-refractivity contribution in [2.75, 3.05) is 13.7 Å². The van der Waals surface area contributed by atoms with E-state index >= 15 is 0 Å². The lowest BCUT2D eigenvalue weighted by molar-refractivity contribution is -0.143. The predicted octanol–water partition coefficient (Wildman–Crippen LogP) is 2.05.